The van der Waals surface area contributed by atoms with Gasteiger partial charge in [-0.2, -0.15) is 0 Å². The predicted octanol–water partition coefficient (Wildman–Crippen LogP) is 4.13. The number of rotatable bonds is 3. The second-order valence-corrected chi connectivity index (χ2v) is 12.5. The van der Waals surface area contributed by atoms with Crippen LogP contribution in [-0.2, 0) is 5.41 Å². The van der Waals surface area contributed by atoms with Gasteiger partial charge in [0.15, 0.2) is 0 Å². The van der Waals surface area contributed by atoms with Gasteiger partial charge < -0.3 is 20.4 Å². The van der Waals surface area contributed by atoms with Crippen LogP contribution in [0.2, 0.25) is 0 Å². The van der Waals surface area contributed by atoms with Crippen LogP contribution in [0.1, 0.15) is 76.4 Å². The smallest absolute Gasteiger partial charge is 0.265 e. The Hall–Kier alpha value is -2.36. The van der Waals surface area contributed by atoms with Gasteiger partial charge in [0, 0.05) is 41.2 Å². The van der Waals surface area contributed by atoms with Crippen LogP contribution < -0.4 is 14.9 Å². The number of hydrogen-bond acceptors (Lipinski definition) is 8. The number of aliphatic hydroxyl groups is 2. The van der Waals surface area contributed by atoms with Crippen LogP contribution >= 0.6 is 11.9 Å². The lowest BCUT2D eigenvalue weighted by Gasteiger charge is -2.34. The number of aromatic nitrogens is 2. The summed E-state index contributed by atoms with van der Waals surface area (Å²) in [5.74, 6) is 1.63. The molecule has 2 aliphatic rings. The molecule has 0 radical (unpaired) electrons. The van der Waals surface area contributed by atoms with Gasteiger partial charge in [0.1, 0.15) is 16.7 Å². The van der Waals surface area contributed by atoms with Gasteiger partial charge in [-0.05, 0) is 69.7 Å². The van der Waals surface area contributed by atoms with Crippen molar-refractivity contribution in [3.63, 3.8) is 0 Å². The first-order chi connectivity index (χ1) is 17.0. The highest BCUT2D eigenvalue weighted by Gasteiger charge is 2.41. The SMILES string of the molecule is CC(C)(C)c1ccc2c(n1)N1CC(CCC(CC(O)CO)Nc3cccc(n3)SNC2=O)CC1(C)C. The molecule has 196 valence electrons. The first-order valence-electron chi connectivity index (χ1n) is 12.7. The lowest BCUT2D eigenvalue weighted by atomic mass is 9.90. The van der Waals surface area contributed by atoms with E-state index in [9.17, 15) is 15.0 Å². The van der Waals surface area contributed by atoms with Gasteiger partial charge in [0.25, 0.3) is 5.91 Å². The minimum Gasteiger partial charge on any atom is -0.394 e. The van der Waals surface area contributed by atoms with E-state index < -0.39 is 6.10 Å². The molecule has 4 bridgehead atoms. The van der Waals surface area contributed by atoms with E-state index in [1.807, 2.05) is 30.3 Å². The average Bonchev–Trinajstić information content (AvgIpc) is 3.13. The number of nitrogens with zero attached hydrogens (tertiary/aromatic N) is 3. The molecule has 9 heteroatoms. The van der Waals surface area contributed by atoms with Crippen molar-refractivity contribution < 1.29 is 15.0 Å². The van der Waals surface area contributed by atoms with Crippen molar-refractivity contribution in [2.24, 2.45) is 5.92 Å². The van der Waals surface area contributed by atoms with Gasteiger partial charge in [-0.25, -0.2) is 9.97 Å². The molecule has 3 atom stereocenters. The number of nitrogens with one attached hydrogen (secondary N) is 2. The second-order valence-electron chi connectivity index (χ2n) is 11.7. The van der Waals surface area contributed by atoms with Crippen LogP contribution in [0.3, 0.4) is 0 Å². The van der Waals surface area contributed by atoms with Crippen molar-refractivity contribution in [1.82, 2.24) is 14.7 Å². The summed E-state index contributed by atoms with van der Waals surface area (Å²) in [6, 6.07) is 9.45. The van der Waals surface area contributed by atoms with Crippen LogP contribution in [-0.4, -0.2) is 56.9 Å². The Bertz CT molecular complexity index is 1090. The van der Waals surface area contributed by atoms with E-state index in [0.717, 1.165) is 37.3 Å². The fourth-order valence-corrected chi connectivity index (χ4v) is 5.80. The molecule has 1 amide bonds. The molecule has 2 aromatic heterocycles. The second kappa shape index (κ2) is 10.6. The van der Waals surface area contributed by atoms with Crippen molar-refractivity contribution in [3.8, 4) is 0 Å². The van der Waals surface area contributed by atoms with Crippen molar-refractivity contribution in [3.05, 3.63) is 41.6 Å². The van der Waals surface area contributed by atoms with Crippen molar-refractivity contribution >= 4 is 29.5 Å². The number of carbonyl (C=O) groups is 1. The highest BCUT2D eigenvalue weighted by atomic mass is 32.2. The Balaban J connectivity index is 1.73. The zero-order valence-electron chi connectivity index (χ0n) is 21.9. The van der Waals surface area contributed by atoms with Gasteiger partial charge in [-0.3, -0.25) is 9.52 Å². The number of anilines is 2. The van der Waals surface area contributed by atoms with E-state index in [1.54, 1.807) is 0 Å². The normalized spacial score (nSPS) is 23.1. The Kier molecular flexibility index (Phi) is 7.83. The quantitative estimate of drug-likeness (QED) is 0.454. The van der Waals surface area contributed by atoms with Gasteiger partial charge >= 0.3 is 0 Å². The summed E-state index contributed by atoms with van der Waals surface area (Å²) in [5, 5.41) is 23.7. The van der Waals surface area contributed by atoms with Gasteiger partial charge in [-0.15, -0.1) is 0 Å². The van der Waals surface area contributed by atoms with Gasteiger partial charge in [-0.1, -0.05) is 26.8 Å². The van der Waals surface area contributed by atoms with E-state index in [1.165, 1.54) is 11.9 Å². The molecule has 1 saturated heterocycles. The molecule has 1 fully saturated rings. The van der Waals surface area contributed by atoms with E-state index in [4.69, 9.17) is 4.98 Å². The number of fused-ring (bicyclic) bond motifs is 6. The van der Waals surface area contributed by atoms with Crippen molar-refractivity contribution in [2.75, 3.05) is 23.4 Å². The highest BCUT2D eigenvalue weighted by molar-refractivity contribution is 7.97. The minimum atomic E-state index is -0.787. The van der Waals surface area contributed by atoms with E-state index in [0.29, 0.717) is 28.7 Å². The van der Waals surface area contributed by atoms with E-state index in [-0.39, 0.29) is 29.5 Å². The zero-order valence-corrected chi connectivity index (χ0v) is 22.7. The summed E-state index contributed by atoms with van der Waals surface area (Å²) in [6.07, 6.45) is 2.41. The fourth-order valence-electron chi connectivity index (χ4n) is 5.21. The molecule has 36 heavy (non-hydrogen) atoms. The number of hydrogen-bond donors (Lipinski definition) is 4. The van der Waals surface area contributed by atoms with Crippen LogP contribution in [0.5, 0.6) is 0 Å². The summed E-state index contributed by atoms with van der Waals surface area (Å²) >= 11 is 1.18. The molecule has 0 aromatic carbocycles. The molecular weight excluding hydrogens is 474 g/mol. The third-order valence-corrected chi connectivity index (χ3v) is 7.84. The summed E-state index contributed by atoms with van der Waals surface area (Å²) in [5.41, 5.74) is 1.22. The molecule has 8 nitrogen and oxygen atoms in total. The summed E-state index contributed by atoms with van der Waals surface area (Å²) < 4.78 is 2.96. The van der Waals surface area contributed by atoms with E-state index in [2.05, 4.69) is 54.5 Å². The molecule has 2 aromatic rings. The van der Waals surface area contributed by atoms with Gasteiger partial charge in [0.05, 0.1) is 18.3 Å². The Morgan fingerprint density at radius 3 is 2.69 bits per heavy atom. The first-order valence-corrected chi connectivity index (χ1v) is 13.6. The Labute approximate surface area is 218 Å². The lowest BCUT2D eigenvalue weighted by Crippen LogP contribution is -2.40. The monoisotopic (exact) mass is 513 g/mol. The maximum atomic E-state index is 13.4. The number of amides is 1. The Morgan fingerprint density at radius 1 is 1.19 bits per heavy atom. The van der Waals surface area contributed by atoms with E-state index >= 15 is 0 Å². The molecule has 0 spiro atoms. The van der Waals surface area contributed by atoms with Crippen LogP contribution in [0.15, 0.2) is 35.4 Å². The van der Waals surface area contributed by atoms with Gasteiger partial charge in [0.2, 0.25) is 0 Å². The fraction of sp³-hybridized carbons (Fsp3) is 0.593. The maximum absolute atomic E-state index is 13.4. The van der Waals surface area contributed by atoms with Crippen LogP contribution in [0, 0.1) is 5.92 Å². The largest absolute Gasteiger partial charge is 0.394 e. The maximum Gasteiger partial charge on any atom is 0.265 e. The average molecular weight is 514 g/mol. The number of aliphatic hydroxyl groups excluding tert-OH is 2. The highest BCUT2D eigenvalue weighted by Crippen LogP contribution is 2.40. The predicted molar refractivity (Wildman–Crippen MR) is 144 cm³/mol. The third-order valence-electron chi connectivity index (χ3n) is 7.12. The first kappa shape index (κ1) is 26.7. The molecule has 4 heterocycles. The summed E-state index contributed by atoms with van der Waals surface area (Å²) in [4.78, 5) is 25.4. The van der Waals surface area contributed by atoms with Crippen LogP contribution in [0.4, 0.5) is 11.6 Å². The zero-order chi connectivity index (χ0) is 26.1. The molecular formula is C27H39N5O3S. The summed E-state index contributed by atoms with van der Waals surface area (Å²) in [6.45, 7) is 11.4. The Morgan fingerprint density at radius 2 is 1.97 bits per heavy atom. The number of pyridine rings is 2. The molecule has 0 aliphatic carbocycles. The van der Waals surface area contributed by atoms with Crippen LogP contribution in [0.25, 0.3) is 0 Å². The molecule has 0 saturated carbocycles. The van der Waals surface area contributed by atoms with Crippen molar-refractivity contribution in [2.45, 2.75) is 88.4 Å². The standard InChI is InChI=1S/C27H39N5O3S/c1-26(2,3)21-12-11-20-24(29-21)32-15-17(14-27(32,4)5)9-10-18(13-19(34)16-33)28-22-7-6-8-23(30-22)36-31-25(20)35/h6-8,11-12,17-19,33-34H,9-10,13-16H2,1-5H3,(H,28,30)(H,31,35). The molecule has 4 N–H and O–H groups in total. The topological polar surface area (TPSA) is 111 Å². The lowest BCUT2D eigenvalue weighted by molar-refractivity contribution is 0.0830. The molecule has 4 rings (SSSR count). The number of carbonyl (C=O) groups excluding carboxylic acids is 1. The minimum absolute atomic E-state index is 0.0327. The molecule has 2 aliphatic heterocycles. The van der Waals surface area contributed by atoms with Crippen molar-refractivity contribution in [1.29, 1.82) is 0 Å². The summed E-state index contributed by atoms with van der Waals surface area (Å²) in [7, 11) is 0. The molecule has 3 unspecified atom stereocenters. The third kappa shape index (κ3) is 6.12.